The lowest BCUT2D eigenvalue weighted by Gasteiger charge is -2.21. The van der Waals surface area contributed by atoms with Crippen LogP contribution in [0.2, 0.25) is 0 Å². The monoisotopic (exact) mass is 455 g/mol. The first-order valence-corrected chi connectivity index (χ1v) is 10.4. The number of primary amides is 1. The van der Waals surface area contributed by atoms with Crippen LogP contribution >= 0.6 is 0 Å². The number of aryl methyl sites for hydroxylation is 1. The Morgan fingerprint density at radius 2 is 1.06 bits per heavy atom. The first kappa shape index (κ1) is 21.1. The summed E-state index contributed by atoms with van der Waals surface area (Å²) in [6.07, 6.45) is 0.471. The van der Waals surface area contributed by atoms with Gasteiger partial charge in [-0.05, 0) is 68.6 Å². The number of aromatic carboxylic acids is 3. The zero-order valence-corrected chi connectivity index (χ0v) is 17.8. The molecule has 0 unspecified atom stereocenters. The molecular weight excluding hydrogens is 438 g/mol. The summed E-state index contributed by atoms with van der Waals surface area (Å²) in [4.78, 5) is 48.4. The minimum atomic E-state index is -1.26. The summed E-state index contributed by atoms with van der Waals surface area (Å²) in [5, 5.41) is 33.1. The molecule has 0 saturated carbocycles. The number of amides is 1. The Balaban J connectivity index is 2.22. The molecule has 5 aromatic rings. The number of carbonyl (C=O) groups is 4. The molecule has 168 valence electrons. The average molecular weight is 455 g/mol. The van der Waals surface area contributed by atoms with Crippen molar-refractivity contribution in [2.24, 2.45) is 5.73 Å². The maximum Gasteiger partial charge on any atom is 0.336 e. The van der Waals surface area contributed by atoms with Crippen LogP contribution in [0.1, 0.15) is 53.9 Å². The molecule has 0 aliphatic heterocycles. The molecule has 8 nitrogen and oxygen atoms in total. The van der Waals surface area contributed by atoms with Gasteiger partial charge in [-0.1, -0.05) is 25.1 Å². The maximum atomic E-state index is 12.4. The van der Waals surface area contributed by atoms with Crippen LogP contribution in [0.5, 0.6) is 0 Å². The van der Waals surface area contributed by atoms with Gasteiger partial charge in [-0.15, -0.1) is 0 Å². The Labute approximate surface area is 191 Å². The standard InChI is InChI=1S/C26H17NO7/c1-2-10-9-17(23(27)28)21-16(26(33)34)7-4-12-11-3-6-14(24(29)30)20-15(25(31)32)8-5-13(19(11)20)18(10)22(12)21/h3-9H,2H2,1H3,(H2,27,28)(H,29,30)(H,31,32)(H,33,34). The van der Waals surface area contributed by atoms with Crippen molar-refractivity contribution in [3.05, 3.63) is 70.3 Å². The molecule has 8 heteroatoms. The molecule has 5 rings (SSSR count). The topological polar surface area (TPSA) is 155 Å². The molecular formula is C26H17NO7. The number of carbonyl (C=O) groups excluding carboxylic acids is 1. The smallest absolute Gasteiger partial charge is 0.336 e. The molecule has 5 N–H and O–H groups in total. The van der Waals surface area contributed by atoms with Gasteiger partial charge in [0.15, 0.2) is 0 Å². The van der Waals surface area contributed by atoms with Crippen LogP contribution in [-0.4, -0.2) is 39.1 Å². The second-order valence-corrected chi connectivity index (χ2v) is 8.07. The third-order valence-electron chi connectivity index (χ3n) is 6.42. The number of carboxylic acid groups (broad SMARTS) is 3. The third-order valence-corrected chi connectivity index (χ3v) is 6.42. The van der Waals surface area contributed by atoms with Crippen LogP contribution in [0.15, 0.2) is 42.5 Å². The number of nitrogens with two attached hydrogens (primary N) is 1. The van der Waals surface area contributed by atoms with Crippen LogP contribution in [0.4, 0.5) is 0 Å². The SMILES string of the molecule is CCc1cc(C(N)=O)c2c(C(=O)O)ccc3c4ccc(C(=O)O)c5c(C(=O)O)ccc(c1c23)c54. The van der Waals surface area contributed by atoms with Gasteiger partial charge < -0.3 is 21.1 Å². The molecule has 0 heterocycles. The van der Waals surface area contributed by atoms with Crippen LogP contribution in [0.3, 0.4) is 0 Å². The van der Waals surface area contributed by atoms with Gasteiger partial charge in [-0.3, -0.25) is 4.79 Å². The van der Waals surface area contributed by atoms with Gasteiger partial charge in [0.1, 0.15) is 0 Å². The van der Waals surface area contributed by atoms with E-state index in [1.54, 1.807) is 24.3 Å². The minimum absolute atomic E-state index is 0.0823. The summed E-state index contributed by atoms with van der Waals surface area (Å²) >= 11 is 0. The van der Waals surface area contributed by atoms with Crippen molar-refractivity contribution in [3.8, 4) is 0 Å². The van der Waals surface area contributed by atoms with Crippen molar-refractivity contribution in [2.75, 3.05) is 0 Å². The van der Waals surface area contributed by atoms with E-state index in [9.17, 15) is 34.5 Å². The molecule has 0 saturated heterocycles. The average Bonchev–Trinajstić information content (AvgIpc) is 2.80. The number of hydrogen-bond donors (Lipinski definition) is 4. The second-order valence-electron chi connectivity index (χ2n) is 8.07. The van der Waals surface area contributed by atoms with Gasteiger partial charge in [0.2, 0.25) is 5.91 Å². The summed E-state index contributed by atoms with van der Waals surface area (Å²) in [6.45, 7) is 1.87. The fourth-order valence-corrected chi connectivity index (χ4v) is 5.09. The van der Waals surface area contributed by atoms with Gasteiger partial charge in [0, 0.05) is 16.3 Å². The Kier molecular flexibility index (Phi) is 4.44. The Hall–Kier alpha value is -4.72. The highest BCUT2D eigenvalue weighted by Crippen LogP contribution is 2.45. The zero-order chi connectivity index (χ0) is 24.5. The molecule has 0 aliphatic rings. The van der Waals surface area contributed by atoms with Crippen LogP contribution in [-0.2, 0) is 6.42 Å². The normalized spacial score (nSPS) is 11.6. The van der Waals surface area contributed by atoms with E-state index in [2.05, 4.69) is 0 Å². The lowest BCUT2D eigenvalue weighted by atomic mass is 9.82. The zero-order valence-electron chi connectivity index (χ0n) is 17.8. The van der Waals surface area contributed by atoms with E-state index in [1.165, 1.54) is 18.2 Å². The highest BCUT2D eigenvalue weighted by atomic mass is 16.4. The van der Waals surface area contributed by atoms with Crippen molar-refractivity contribution in [1.29, 1.82) is 0 Å². The van der Waals surface area contributed by atoms with Gasteiger partial charge in [0.05, 0.1) is 16.7 Å². The first-order chi connectivity index (χ1) is 16.2. The van der Waals surface area contributed by atoms with Crippen LogP contribution in [0.25, 0.3) is 43.1 Å². The second kappa shape index (κ2) is 7.14. The minimum Gasteiger partial charge on any atom is -0.478 e. The molecule has 0 atom stereocenters. The van der Waals surface area contributed by atoms with E-state index in [1.807, 2.05) is 6.92 Å². The quantitative estimate of drug-likeness (QED) is 0.225. The van der Waals surface area contributed by atoms with E-state index < -0.39 is 23.8 Å². The number of rotatable bonds is 5. The van der Waals surface area contributed by atoms with Crippen molar-refractivity contribution in [2.45, 2.75) is 13.3 Å². The first-order valence-electron chi connectivity index (χ1n) is 10.4. The van der Waals surface area contributed by atoms with Crippen LogP contribution < -0.4 is 5.73 Å². The fourth-order valence-electron chi connectivity index (χ4n) is 5.09. The highest BCUT2D eigenvalue weighted by molar-refractivity contribution is 6.38. The van der Waals surface area contributed by atoms with E-state index in [0.29, 0.717) is 44.3 Å². The fraction of sp³-hybridized carbons (Fsp3) is 0.0769. The van der Waals surface area contributed by atoms with Crippen molar-refractivity contribution >= 4 is 66.9 Å². The van der Waals surface area contributed by atoms with E-state index in [0.717, 1.165) is 0 Å². The molecule has 34 heavy (non-hydrogen) atoms. The lowest BCUT2D eigenvalue weighted by molar-refractivity contribution is 0.0685. The summed E-state index contributed by atoms with van der Waals surface area (Å²) in [6, 6.07) is 10.4. The van der Waals surface area contributed by atoms with Gasteiger partial charge in [-0.25, -0.2) is 14.4 Å². The van der Waals surface area contributed by atoms with Gasteiger partial charge in [-0.2, -0.15) is 0 Å². The van der Waals surface area contributed by atoms with E-state index >= 15 is 0 Å². The Morgan fingerprint density at radius 3 is 1.50 bits per heavy atom. The number of hydrogen-bond acceptors (Lipinski definition) is 4. The highest BCUT2D eigenvalue weighted by Gasteiger charge is 2.26. The predicted molar refractivity (Wildman–Crippen MR) is 126 cm³/mol. The van der Waals surface area contributed by atoms with Crippen molar-refractivity contribution < 1.29 is 34.5 Å². The van der Waals surface area contributed by atoms with Gasteiger partial charge >= 0.3 is 17.9 Å². The molecule has 0 spiro atoms. The number of carboxylic acids is 3. The summed E-state index contributed by atoms with van der Waals surface area (Å²) in [5.41, 5.74) is 6.06. The molecule has 1 amide bonds. The van der Waals surface area contributed by atoms with Crippen molar-refractivity contribution in [3.63, 3.8) is 0 Å². The van der Waals surface area contributed by atoms with Crippen molar-refractivity contribution in [1.82, 2.24) is 0 Å². The predicted octanol–water partition coefficient (Wildman–Crippen LogP) is 4.49. The summed E-state index contributed by atoms with van der Waals surface area (Å²) in [5.74, 6) is -4.51. The van der Waals surface area contributed by atoms with E-state index in [4.69, 9.17) is 5.73 Å². The van der Waals surface area contributed by atoms with Gasteiger partial charge in [0.25, 0.3) is 0 Å². The molecule has 0 aliphatic carbocycles. The number of fused-ring (bicyclic) bond motifs is 2. The maximum absolute atomic E-state index is 12.4. The molecule has 0 fully saturated rings. The lowest BCUT2D eigenvalue weighted by Crippen LogP contribution is -2.14. The molecule has 0 bridgehead atoms. The number of benzene rings is 5. The summed E-state index contributed by atoms with van der Waals surface area (Å²) in [7, 11) is 0. The largest absolute Gasteiger partial charge is 0.478 e. The Bertz CT molecular complexity index is 1730. The molecule has 5 aromatic carbocycles. The third kappa shape index (κ3) is 2.65. The molecule has 0 aromatic heterocycles. The summed E-state index contributed by atoms with van der Waals surface area (Å²) < 4.78 is 0. The Morgan fingerprint density at radius 1 is 0.618 bits per heavy atom. The molecule has 0 radical (unpaired) electrons. The van der Waals surface area contributed by atoms with Crippen LogP contribution in [0, 0.1) is 0 Å². The van der Waals surface area contributed by atoms with E-state index in [-0.39, 0.29) is 33.0 Å².